The maximum atomic E-state index is 11.3. The second kappa shape index (κ2) is 7.11. The summed E-state index contributed by atoms with van der Waals surface area (Å²) >= 11 is 0. The zero-order chi connectivity index (χ0) is 17.1. The van der Waals surface area contributed by atoms with Crippen molar-refractivity contribution in [3.05, 3.63) is 47.0 Å². The number of hydrogen-bond acceptors (Lipinski definition) is 5. The molecule has 0 spiro atoms. The molecule has 1 fully saturated rings. The van der Waals surface area contributed by atoms with Crippen LogP contribution in [0.1, 0.15) is 27.6 Å². The van der Waals surface area contributed by atoms with E-state index in [1.165, 1.54) is 0 Å². The van der Waals surface area contributed by atoms with Gasteiger partial charge in [-0.25, -0.2) is 9.67 Å². The quantitative estimate of drug-likeness (QED) is 0.880. The van der Waals surface area contributed by atoms with Crippen LogP contribution in [0.25, 0.3) is 0 Å². The Kier molecular flexibility index (Phi) is 4.92. The largest absolute Gasteiger partial charge is 0.374 e. The molecule has 0 saturated carbocycles. The van der Waals surface area contributed by atoms with Gasteiger partial charge in [0.15, 0.2) is 0 Å². The first-order valence-electron chi connectivity index (χ1n) is 8.12. The van der Waals surface area contributed by atoms with Crippen molar-refractivity contribution in [2.45, 2.75) is 33.0 Å². The van der Waals surface area contributed by atoms with Crippen molar-refractivity contribution >= 4 is 5.91 Å². The first kappa shape index (κ1) is 16.6. The summed E-state index contributed by atoms with van der Waals surface area (Å²) in [5, 5.41) is 4.40. The molecule has 7 heteroatoms. The summed E-state index contributed by atoms with van der Waals surface area (Å²) in [6, 6.07) is 7.48. The second-order valence-corrected chi connectivity index (χ2v) is 6.18. The number of carbonyl (C=O) groups is 1. The average molecular weight is 329 g/mol. The maximum Gasteiger partial charge on any atom is 0.248 e. The van der Waals surface area contributed by atoms with Gasteiger partial charge < -0.3 is 10.5 Å². The number of rotatable bonds is 5. The molecule has 1 saturated heterocycles. The normalized spacial score (nSPS) is 18.7. The minimum Gasteiger partial charge on any atom is -0.374 e. The highest BCUT2D eigenvalue weighted by molar-refractivity contribution is 5.92. The zero-order valence-corrected chi connectivity index (χ0v) is 14.1. The lowest BCUT2D eigenvalue weighted by Crippen LogP contribution is -2.44. The Bertz CT molecular complexity index is 728. The minimum absolute atomic E-state index is 0.0814. The molecule has 1 amide bonds. The van der Waals surface area contributed by atoms with Crippen molar-refractivity contribution < 1.29 is 9.53 Å². The SMILES string of the molecule is Cc1nc(C)n(C[C@@H]2CN(Cc3cccc(C(N)=O)c3)CCO2)n1. The van der Waals surface area contributed by atoms with Gasteiger partial charge in [-0.3, -0.25) is 9.69 Å². The number of ether oxygens (including phenoxy) is 1. The monoisotopic (exact) mass is 329 g/mol. The van der Waals surface area contributed by atoms with Crippen LogP contribution in [0.3, 0.4) is 0 Å². The third-order valence-corrected chi connectivity index (χ3v) is 4.18. The Labute approximate surface area is 141 Å². The lowest BCUT2D eigenvalue weighted by Gasteiger charge is -2.33. The molecule has 1 aromatic heterocycles. The van der Waals surface area contributed by atoms with E-state index >= 15 is 0 Å². The number of aryl methyl sites for hydroxylation is 2. The highest BCUT2D eigenvalue weighted by Crippen LogP contribution is 2.13. The Morgan fingerprint density at radius 2 is 2.25 bits per heavy atom. The van der Waals surface area contributed by atoms with Crippen LogP contribution in [-0.4, -0.2) is 51.4 Å². The lowest BCUT2D eigenvalue weighted by atomic mass is 10.1. The number of morpholine rings is 1. The number of amides is 1. The molecule has 1 aromatic carbocycles. The summed E-state index contributed by atoms with van der Waals surface area (Å²) in [5.41, 5.74) is 6.98. The van der Waals surface area contributed by atoms with Gasteiger partial charge in [-0.2, -0.15) is 5.10 Å². The highest BCUT2D eigenvalue weighted by atomic mass is 16.5. The standard InChI is InChI=1S/C17H23N5O2/c1-12-19-13(2)22(20-12)11-16-10-21(6-7-24-16)9-14-4-3-5-15(8-14)17(18)23/h3-5,8,16H,6-7,9-11H2,1-2H3,(H2,18,23)/t16-/m0/s1. The van der Waals surface area contributed by atoms with Gasteiger partial charge in [0.1, 0.15) is 11.6 Å². The molecule has 0 aliphatic carbocycles. The van der Waals surface area contributed by atoms with Crippen LogP contribution < -0.4 is 5.73 Å². The topological polar surface area (TPSA) is 86.3 Å². The van der Waals surface area contributed by atoms with E-state index in [0.717, 1.165) is 36.8 Å². The third kappa shape index (κ3) is 3.98. The lowest BCUT2D eigenvalue weighted by molar-refractivity contribution is -0.0405. The molecule has 1 atom stereocenters. The fraction of sp³-hybridized carbons (Fsp3) is 0.471. The third-order valence-electron chi connectivity index (χ3n) is 4.18. The maximum absolute atomic E-state index is 11.3. The highest BCUT2D eigenvalue weighted by Gasteiger charge is 2.22. The Morgan fingerprint density at radius 1 is 1.42 bits per heavy atom. The molecule has 0 radical (unpaired) electrons. The van der Waals surface area contributed by atoms with E-state index in [2.05, 4.69) is 15.0 Å². The van der Waals surface area contributed by atoms with Crippen LogP contribution in [0.2, 0.25) is 0 Å². The molecule has 2 N–H and O–H groups in total. The van der Waals surface area contributed by atoms with Gasteiger partial charge in [-0.05, 0) is 31.5 Å². The van der Waals surface area contributed by atoms with Gasteiger partial charge in [-0.15, -0.1) is 0 Å². The van der Waals surface area contributed by atoms with E-state index in [1.807, 2.05) is 36.7 Å². The Hall–Kier alpha value is -2.25. The van der Waals surface area contributed by atoms with Gasteiger partial charge in [0.2, 0.25) is 5.91 Å². The molecular weight excluding hydrogens is 306 g/mol. The predicted octanol–water partition coefficient (Wildman–Crippen LogP) is 0.895. The number of nitrogens with zero attached hydrogens (tertiary/aromatic N) is 4. The van der Waals surface area contributed by atoms with Crippen LogP contribution in [0, 0.1) is 13.8 Å². The number of nitrogens with two attached hydrogens (primary N) is 1. The first-order chi connectivity index (χ1) is 11.5. The average Bonchev–Trinajstić information content (AvgIpc) is 2.85. The van der Waals surface area contributed by atoms with Crippen molar-refractivity contribution in [2.75, 3.05) is 19.7 Å². The number of primary amides is 1. The fourth-order valence-corrected chi connectivity index (χ4v) is 3.04. The van der Waals surface area contributed by atoms with E-state index in [9.17, 15) is 4.79 Å². The molecule has 1 aliphatic rings. The van der Waals surface area contributed by atoms with Crippen LogP contribution in [0.4, 0.5) is 0 Å². The molecule has 24 heavy (non-hydrogen) atoms. The molecule has 3 rings (SSSR count). The summed E-state index contributed by atoms with van der Waals surface area (Å²) < 4.78 is 7.77. The first-order valence-corrected chi connectivity index (χ1v) is 8.12. The van der Waals surface area contributed by atoms with Crippen molar-refractivity contribution in [2.24, 2.45) is 5.73 Å². The number of benzene rings is 1. The summed E-state index contributed by atoms with van der Waals surface area (Å²) in [6.07, 6.45) is 0.0814. The van der Waals surface area contributed by atoms with E-state index in [0.29, 0.717) is 18.7 Å². The van der Waals surface area contributed by atoms with Crippen LogP contribution >= 0.6 is 0 Å². The van der Waals surface area contributed by atoms with Gasteiger partial charge in [-0.1, -0.05) is 12.1 Å². The van der Waals surface area contributed by atoms with Gasteiger partial charge >= 0.3 is 0 Å². The molecule has 0 unspecified atom stereocenters. The minimum atomic E-state index is -0.395. The van der Waals surface area contributed by atoms with Crippen LogP contribution in [-0.2, 0) is 17.8 Å². The predicted molar refractivity (Wildman–Crippen MR) is 89.5 cm³/mol. The molecular formula is C17H23N5O2. The van der Waals surface area contributed by atoms with Gasteiger partial charge in [0, 0.05) is 25.2 Å². The molecule has 2 heterocycles. The van der Waals surface area contributed by atoms with Crippen molar-refractivity contribution in [1.29, 1.82) is 0 Å². The molecule has 1 aliphatic heterocycles. The Morgan fingerprint density at radius 3 is 2.96 bits per heavy atom. The zero-order valence-electron chi connectivity index (χ0n) is 14.1. The smallest absolute Gasteiger partial charge is 0.248 e. The van der Waals surface area contributed by atoms with E-state index in [-0.39, 0.29) is 6.10 Å². The summed E-state index contributed by atoms with van der Waals surface area (Å²) in [5.74, 6) is 1.29. The van der Waals surface area contributed by atoms with Gasteiger partial charge in [0.05, 0.1) is 19.3 Å². The second-order valence-electron chi connectivity index (χ2n) is 6.18. The van der Waals surface area contributed by atoms with Crippen molar-refractivity contribution in [3.63, 3.8) is 0 Å². The molecule has 0 bridgehead atoms. The number of carbonyl (C=O) groups excluding carboxylic acids is 1. The number of hydrogen-bond donors (Lipinski definition) is 1. The summed E-state index contributed by atoms with van der Waals surface area (Å²) in [6.45, 7) is 7.69. The number of aromatic nitrogens is 3. The van der Waals surface area contributed by atoms with E-state index < -0.39 is 5.91 Å². The summed E-state index contributed by atoms with van der Waals surface area (Å²) in [4.78, 5) is 18.0. The fourth-order valence-electron chi connectivity index (χ4n) is 3.04. The molecule has 128 valence electrons. The molecule has 7 nitrogen and oxygen atoms in total. The Balaban J connectivity index is 1.62. The van der Waals surface area contributed by atoms with Crippen LogP contribution in [0.15, 0.2) is 24.3 Å². The van der Waals surface area contributed by atoms with Gasteiger partial charge in [0.25, 0.3) is 0 Å². The van der Waals surface area contributed by atoms with Crippen LogP contribution in [0.5, 0.6) is 0 Å². The molecule has 2 aromatic rings. The van der Waals surface area contributed by atoms with E-state index in [4.69, 9.17) is 10.5 Å². The summed E-state index contributed by atoms with van der Waals surface area (Å²) in [7, 11) is 0. The van der Waals surface area contributed by atoms with E-state index in [1.54, 1.807) is 6.07 Å². The van der Waals surface area contributed by atoms with Crippen molar-refractivity contribution in [1.82, 2.24) is 19.7 Å². The van der Waals surface area contributed by atoms with Crippen molar-refractivity contribution in [3.8, 4) is 0 Å².